The Balaban J connectivity index is 3.52. The third-order valence-electron chi connectivity index (χ3n) is 5.19. The van der Waals surface area contributed by atoms with Crippen molar-refractivity contribution < 1.29 is 19.1 Å². The van der Waals surface area contributed by atoms with Gasteiger partial charge in [-0.25, -0.2) is 0 Å². The predicted molar refractivity (Wildman–Crippen MR) is 116 cm³/mol. The average Bonchev–Trinajstić information content (AvgIpc) is 2.70. The van der Waals surface area contributed by atoms with Gasteiger partial charge in [-0.05, 0) is 19.8 Å². The van der Waals surface area contributed by atoms with Gasteiger partial charge < -0.3 is 9.47 Å². The monoisotopic (exact) mass is 398 g/mol. The first-order valence-electron chi connectivity index (χ1n) is 12.0. The predicted octanol–water partition coefficient (Wildman–Crippen LogP) is 6.99. The molecule has 0 aromatic carbocycles. The summed E-state index contributed by atoms with van der Waals surface area (Å²) in [4.78, 5) is 23.9. The highest BCUT2D eigenvalue weighted by atomic mass is 16.6. The zero-order valence-electron chi connectivity index (χ0n) is 18.9. The Kier molecular flexibility index (Phi) is 19.9. The van der Waals surface area contributed by atoms with Crippen LogP contribution in [0, 0.1) is 5.92 Å². The summed E-state index contributed by atoms with van der Waals surface area (Å²) >= 11 is 0. The van der Waals surface area contributed by atoms with Crippen LogP contribution in [0.1, 0.15) is 124 Å². The molecule has 0 atom stereocenters. The van der Waals surface area contributed by atoms with E-state index in [1.54, 1.807) is 6.92 Å². The smallest absolute Gasteiger partial charge is 0.320 e. The second-order valence-electron chi connectivity index (χ2n) is 8.01. The fourth-order valence-electron chi connectivity index (χ4n) is 3.16. The van der Waals surface area contributed by atoms with Gasteiger partial charge in [0.15, 0.2) is 5.92 Å². The Morgan fingerprint density at radius 3 is 1.14 bits per heavy atom. The number of rotatable bonds is 20. The molecule has 0 fully saturated rings. The molecule has 0 radical (unpaired) electrons. The molecule has 0 saturated carbocycles. The summed E-state index contributed by atoms with van der Waals surface area (Å²) in [6, 6.07) is 0. The minimum absolute atomic E-state index is 0.406. The molecule has 0 N–H and O–H groups in total. The molecule has 0 aliphatic heterocycles. The Morgan fingerprint density at radius 2 is 0.821 bits per heavy atom. The third kappa shape index (κ3) is 17.1. The van der Waals surface area contributed by atoms with E-state index in [1.165, 1.54) is 77.0 Å². The molecular formula is C24H46O4. The molecule has 0 aromatic heterocycles. The van der Waals surface area contributed by atoms with Gasteiger partial charge in [0.05, 0.1) is 13.2 Å². The molecule has 0 heterocycles. The Hall–Kier alpha value is -1.06. The first-order valence-corrected chi connectivity index (χ1v) is 12.0. The first-order chi connectivity index (χ1) is 13.6. The molecule has 0 unspecified atom stereocenters. The van der Waals surface area contributed by atoms with Crippen LogP contribution in [-0.4, -0.2) is 25.2 Å². The van der Waals surface area contributed by atoms with Gasteiger partial charge in [0.1, 0.15) is 0 Å². The van der Waals surface area contributed by atoms with Gasteiger partial charge in [0.2, 0.25) is 0 Å². The lowest BCUT2D eigenvalue weighted by molar-refractivity contribution is -0.161. The van der Waals surface area contributed by atoms with E-state index in [2.05, 4.69) is 13.8 Å². The summed E-state index contributed by atoms with van der Waals surface area (Å²) in [5, 5.41) is 0. The number of carbonyl (C=O) groups excluding carboxylic acids is 2. The number of carbonyl (C=O) groups is 2. The van der Waals surface area contributed by atoms with E-state index in [-0.39, 0.29) is 0 Å². The second kappa shape index (κ2) is 20.7. The van der Waals surface area contributed by atoms with Crippen LogP contribution >= 0.6 is 0 Å². The van der Waals surface area contributed by atoms with E-state index in [0.29, 0.717) is 13.2 Å². The molecule has 0 spiro atoms. The van der Waals surface area contributed by atoms with Crippen molar-refractivity contribution in [1.29, 1.82) is 0 Å². The molecule has 0 rings (SSSR count). The normalized spacial score (nSPS) is 11.0. The van der Waals surface area contributed by atoms with Crippen LogP contribution in [0.5, 0.6) is 0 Å². The lowest BCUT2D eigenvalue weighted by atomic mass is 10.1. The summed E-state index contributed by atoms with van der Waals surface area (Å²) in [7, 11) is 0. The van der Waals surface area contributed by atoms with Gasteiger partial charge in [-0.3, -0.25) is 9.59 Å². The molecule has 0 aliphatic carbocycles. The largest absolute Gasteiger partial charge is 0.465 e. The van der Waals surface area contributed by atoms with Gasteiger partial charge in [0, 0.05) is 0 Å². The summed E-state index contributed by atoms with van der Waals surface area (Å²) in [6.45, 7) is 6.84. The zero-order valence-corrected chi connectivity index (χ0v) is 18.9. The summed E-state index contributed by atoms with van der Waals surface area (Å²) in [6.07, 6.45) is 19.3. The van der Waals surface area contributed by atoms with E-state index >= 15 is 0 Å². The fraction of sp³-hybridized carbons (Fsp3) is 0.917. The van der Waals surface area contributed by atoms with Crippen LogP contribution in [0.4, 0.5) is 0 Å². The van der Waals surface area contributed by atoms with E-state index in [0.717, 1.165) is 25.7 Å². The van der Waals surface area contributed by atoms with Gasteiger partial charge in [-0.2, -0.15) is 0 Å². The van der Waals surface area contributed by atoms with Crippen molar-refractivity contribution >= 4 is 11.9 Å². The summed E-state index contributed by atoms with van der Waals surface area (Å²) in [5.74, 6) is -1.73. The highest BCUT2D eigenvalue weighted by Gasteiger charge is 2.24. The maximum absolute atomic E-state index is 11.9. The molecule has 4 nitrogen and oxygen atoms in total. The number of ether oxygens (including phenoxy) is 2. The molecule has 0 aromatic rings. The third-order valence-corrected chi connectivity index (χ3v) is 5.19. The number of esters is 2. The molecule has 4 heteroatoms. The van der Waals surface area contributed by atoms with Gasteiger partial charge in [-0.1, -0.05) is 104 Å². The second-order valence-corrected chi connectivity index (χ2v) is 8.01. The maximum atomic E-state index is 11.9. The lowest BCUT2D eigenvalue weighted by Gasteiger charge is -2.11. The average molecular weight is 399 g/mol. The van der Waals surface area contributed by atoms with Crippen molar-refractivity contribution in [3.05, 3.63) is 0 Å². The Bertz CT molecular complexity index is 334. The van der Waals surface area contributed by atoms with Crippen molar-refractivity contribution in [2.75, 3.05) is 13.2 Å². The molecule has 166 valence electrons. The summed E-state index contributed by atoms with van der Waals surface area (Å²) < 4.78 is 10.4. The molecule has 0 aliphatic rings. The van der Waals surface area contributed by atoms with Crippen LogP contribution in [0.3, 0.4) is 0 Å². The lowest BCUT2D eigenvalue weighted by Crippen LogP contribution is -2.26. The highest BCUT2D eigenvalue weighted by molar-refractivity contribution is 5.94. The zero-order chi connectivity index (χ0) is 20.9. The molecular weight excluding hydrogens is 352 g/mol. The van der Waals surface area contributed by atoms with E-state index in [1.807, 2.05) is 0 Å². The molecule has 0 amide bonds. The Morgan fingerprint density at radius 1 is 0.536 bits per heavy atom. The number of unbranched alkanes of at least 4 members (excludes halogenated alkanes) is 14. The summed E-state index contributed by atoms with van der Waals surface area (Å²) in [5.41, 5.74) is 0. The standard InChI is InChI=1S/C24H46O4/c1-4-6-8-10-12-14-16-18-20-27-23(25)22(3)24(26)28-21-19-17-15-13-11-9-7-5-2/h22H,4-21H2,1-3H3. The minimum atomic E-state index is -0.817. The van der Waals surface area contributed by atoms with Gasteiger partial charge in [0.25, 0.3) is 0 Å². The van der Waals surface area contributed by atoms with E-state index in [4.69, 9.17) is 9.47 Å². The first kappa shape index (κ1) is 26.9. The van der Waals surface area contributed by atoms with Crippen molar-refractivity contribution in [2.45, 2.75) is 124 Å². The molecule has 0 bridgehead atoms. The van der Waals surface area contributed by atoms with Gasteiger partial charge in [-0.15, -0.1) is 0 Å². The quantitative estimate of drug-likeness (QED) is 0.126. The van der Waals surface area contributed by atoms with Gasteiger partial charge >= 0.3 is 11.9 Å². The maximum Gasteiger partial charge on any atom is 0.320 e. The van der Waals surface area contributed by atoms with Crippen LogP contribution in [0.15, 0.2) is 0 Å². The SMILES string of the molecule is CCCCCCCCCCOC(=O)C(C)C(=O)OCCCCCCCCCC. The highest BCUT2D eigenvalue weighted by Crippen LogP contribution is 2.11. The Labute approximate surface area is 174 Å². The molecule has 28 heavy (non-hydrogen) atoms. The van der Waals surface area contributed by atoms with E-state index in [9.17, 15) is 9.59 Å². The van der Waals surface area contributed by atoms with Crippen LogP contribution in [0.2, 0.25) is 0 Å². The van der Waals surface area contributed by atoms with Crippen LogP contribution in [0.25, 0.3) is 0 Å². The molecule has 0 saturated heterocycles. The van der Waals surface area contributed by atoms with Crippen LogP contribution in [-0.2, 0) is 19.1 Å². The van der Waals surface area contributed by atoms with Crippen molar-refractivity contribution in [3.63, 3.8) is 0 Å². The number of hydrogen-bond acceptors (Lipinski definition) is 4. The number of hydrogen-bond donors (Lipinski definition) is 0. The van der Waals surface area contributed by atoms with Crippen LogP contribution < -0.4 is 0 Å². The minimum Gasteiger partial charge on any atom is -0.465 e. The van der Waals surface area contributed by atoms with E-state index < -0.39 is 17.9 Å². The van der Waals surface area contributed by atoms with Crippen molar-refractivity contribution in [3.8, 4) is 0 Å². The topological polar surface area (TPSA) is 52.6 Å². The fourth-order valence-corrected chi connectivity index (χ4v) is 3.16. The van der Waals surface area contributed by atoms with Crippen molar-refractivity contribution in [2.24, 2.45) is 5.92 Å². The van der Waals surface area contributed by atoms with Crippen molar-refractivity contribution in [1.82, 2.24) is 0 Å².